The molecule has 18 heavy (non-hydrogen) atoms. The molecule has 0 spiro atoms. The molecule has 0 bridgehead atoms. The van der Waals surface area contributed by atoms with Crippen LogP contribution in [0.5, 0.6) is 0 Å². The third-order valence-electron chi connectivity index (χ3n) is 3.04. The summed E-state index contributed by atoms with van der Waals surface area (Å²) in [6.07, 6.45) is 0.693. The average molecular weight is 281 g/mol. The smallest absolute Gasteiger partial charge is 0.117 e. The van der Waals surface area contributed by atoms with E-state index in [1.54, 1.807) is 22.7 Å². The highest BCUT2D eigenvalue weighted by atomic mass is 32.1. The van der Waals surface area contributed by atoms with Crippen molar-refractivity contribution in [2.75, 3.05) is 6.54 Å². The summed E-state index contributed by atoms with van der Waals surface area (Å²) in [5.74, 6) is 0. The first-order chi connectivity index (χ1) is 8.63. The van der Waals surface area contributed by atoms with Crippen LogP contribution in [0, 0.1) is 0 Å². The molecule has 0 unspecified atom stereocenters. The lowest BCUT2D eigenvalue weighted by molar-refractivity contribution is 0.0715. The number of thiophene rings is 2. The first-order valence-electron chi connectivity index (χ1n) is 6.14. The average Bonchev–Trinajstić information content (AvgIpc) is 3.02. The zero-order valence-corrected chi connectivity index (χ0v) is 12.4. The normalized spacial score (nSPS) is 12.2. The van der Waals surface area contributed by atoms with E-state index >= 15 is 0 Å². The molecule has 2 nitrogen and oxygen atoms in total. The third kappa shape index (κ3) is 3.01. The van der Waals surface area contributed by atoms with Gasteiger partial charge < -0.3 is 10.4 Å². The maximum Gasteiger partial charge on any atom is 0.117 e. The highest BCUT2D eigenvalue weighted by Crippen LogP contribution is 2.35. The van der Waals surface area contributed by atoms with Gasteiger partial charge >= 0.3 is 0 Å². The molecule has 0 aliphatic carbocycles. The predicted octanol–water partition coefficient (Wildman–Crippen LogP) is 3.43. The maximum atomic E-state index is 11.0. The second-order valence-electron chi connectivity index (χ2n) is 4.74. The van der Waals surface area contributed by atoms with E-state index in [0.717, 1.165) is 17.7 Å². The lowest BCUT2D eigenvalue weighted by atomic mass is 9.87. The van der Waals surface area contributed by atoms with Gasteiger partial charge in [-0.3, -0.25) is 0 Å². The van der Waals surface area contributed by atoms with Crippen LogP contribution >= 0.6 is 22.7 Å². The van der Waals surface area contributed by atoms with Gasteiger partial charge in [0.05, 0.1) is 0 Å². The summed E-state index contributed by atoms with van der Waals surface area (Å²) in [4.78, 5) is 0. The Balaban J connectivity index is 2.18. The summed E-state index contributed by atoms with van der Waals surface area (Å²) in [5.41, 5.74) is 1.13. The van der Waals surface area contributed by atoms with Gasteiger partial charge in [-0.05, 0) is 57.7 Å². The molecule has 4 heteroatoms. The van der Waals surface area contributed by atoms with Gasteiger partial charge in [0, 0.05) is 6.04 Å². The fourth-order valence-corrected chi connectivity index (χ4v) is 3.44. The highest BCUT2D eigenvalue weighted by molar-refractivity contribution is 7.08. The van der Waals surface area contributed by atoms with Gasteiger partial charge in [-0.25, -0.2) is 0 Å². The van der Waals surface area contributed by atoms with Crippen molar-refractivity contribution < 1.29 is 5.11 Å². The number of aliphatic hydroxyl groups is 1. The van der Waals surface area contributed by atoms with Crippen molar-refractivity contribution in [2.45, 2.75) is 31.9 Å². The minimum absolute atomic E-state index is 0.444. The van der Waals surface area contributed by atoms with Crippen LogP contribution in [-0.2, 0) is 5.60 Å². The van der Waals surface area contributed by atoms with E-state index in [1.165, 1.54) is 0 Å². The molecule has 2 rings (SSSR count). The molecule has 2 aromatic heterocycles. The van der Waals surface area contributed by atoms with Gasteiger partial charge in [0.25, 0.3) is 0 Å². The van der Waals surface area contributed by atoms with Crippen molar-refractivity contribution in [1.29, 1.82) is 0 Å². The van der Waals surface area contributed by atoms with Crippen LogP contribution in [0.2, 0.25) is 0 Å². The van der Waals surface area contributed by atoms with Crippen LogP contribution < -0.4 is 5.32 Å². The van der Waals surface area contributed by atoms with E-state index in [0.29, 0.717) is 12.5 Å². The second-order valence-corrected chi connectivity index (χ2v) is 6.30. The van der Waals surface area contributed by atoms with Crippen LogP contribution in [0.3, 0.4) is 0 Å². The highest BCUT2D eigenvalue weighted by Gasteiger charge is 2.31. The third-order valence-corrected chi connectivity index (χ3v) is 4.40. The first-order valence-corrected chi connectivity index (χ1v) is 8.02. The second kappa shape index (κ2) is 5.97. The molecule has 98 valence electrons. The molecule has 0 radical (unpaired) electrons. The molecule has 2 heterocycles. The summed E-state index contributed by atoms with van der Waals surface area (Å²) in [6.45, 7) is 5.04. The zero-order chi connectivity index (χ0) is 13.0. The van der Waals surface area contributed by atoms with Crippen molar-refractivity contribution in [1.82, 2.24) is 5.32 Å². The molecule has 0 saturated carbocycles. The van der Waals surface area contributed by atoms with Crippen molar-refractivity contribution in [3.8, 4) is 0 Å². The minimum Gasteiger partial charge on any atom is -0.380 e. The summed E-state index contributed by atoms with van der Waals surface area (Å²) >= 11 is 3.25. The van der Waals surface area contributed by atoms with Gasteiger partial charge in [0.1, 0.15) is 5.60 Å². The Morgan fingerprint density at radius 3 is 2.11 bits per heavy atom. The van der Waals surface area contributed by atoms with Gasteiger partial charge in [-0.2, -0.15) is 22.7 Å². The first kappa shape index (κ1) is 13.7. The fourth-order valence-electron chi connectivity index (χ4n) is 2.00. The quantitative estimate of drug-likeness (QED) is 0.850. The van der Waals surface area contributed by atoms with Crippen LogP contribution in [0.25, 0.3) is 0 Å². The lowest BCUT2D eigenvalue weighted by Crippen LogP contribution is -2.33. The molecule has 2 N–H and O–H groups in total. The molecule has 0 aromatic carbocycles. The summed E-state index contributed by atoms with van der Waals surface area (Å²) < 4.78 is 0. The standard InChI is InChI=1S/C14H19NOS2/c1-11(2)15-6-5-14(16,12-3-7-17-9-12)13-4-8-18-10-13/h3-4,7-11,15-16H,5-6H2,1-2H3. The van der Waals surface area contributed by atoms with Crippen LogP contribution in [-0.4, -0.2) is 17.7 Å². The van der Waals surface area contributed by atoms with Gasteiger partial charge in [0.15, 0.2) is 0 Å². The molecule has 0 amide bonds. The Hall–Kier alpha value is -0.680. The molecule has 0 saturated heterocycles. The van der Waals surface area contributed by atoms with E-state index in [1.807, 2.05) is 33.7 Å². The fraction of sp³-hybridized carbons (Fsp3) is 0.429. The minimum atomic E-state index is -0.859. The molecular formula is C14H19NOS2. The Kier molecular flexibility index (Phi) is 4.56. The van der Waals surface area contributed by atoms with E-state index in [4.69, 9.17) is 0 Å². The summed E-state index contributed by atoms with van der Waals surface area (Å²) in [7, 11) is 0. The molecular weight excluding hydrogens is 262 g/mol. The number of rotatable bonds is 6. The van der Waals surface area contributed by atoms with Crippen molar-refractivity contribution in [2.24, 2.45) is 0 Å². The van der Waals surface area contributed by atoms with E-state index in [-0.39, 0.29) is 0 Å². The van der Waals surface area contributed by atoms with Crippen LogP contribution in [0.1, 0.15) is 31.4 Å². The SMILES string of the molecule is CC(C)NCCC(O)(c1ccsc1)c1ccsc1. The van der Waals surface area contributed by atoms with Crippen molar-refractivity contribution >= 4 is 22.7 Å². The Labute approximate surface area is 116 Å². The Bertz CT molecular complexity index is 414. The van der Waals surface area contributed by atoms with Crippen molar-refractivity contribution in [3.63, 3.8) is 0 Å². The molecule has 0 aliphatic rings. The van der Waals surface area contributed by atoms with Gasteiger partial charge in [-0.1, -0.05) is 13.8 Å². The number of hydrogen-bond donors (Lipinski definition) is 2. The van der Waals surface area contributed by atoms with E-state index < -0.39 is 5.60 Å². The van der Waals surface area contributed by atoms with Gasteiger partial charge in [0.2, 0.25) is 0 Å². The molecule has 0 fully saturated rings. The summed E-state index contributed by atoms with van der Waals surface area (Å²) in [6, 6.07) is 4.47. The van der Waals surface area contributed by atoms with E-state index in [9.17, 15) is 5.11 Å². The summed E-state index contributed by atoms with van der Waals surface area (Å²) in [5, 5.41) is 22.5. The Morgan fingerprint density at radius 1 is 1.17 bits per heavy atom. The monoisotopic (exact) mass is 281 g/mol. The van der Waals surface area contributed by atoms with Crippen LogP contribution in [0.15, 0.2) is 33.7 Å². The molecule has 0 aliphatic heterocycles. The maximum absolute atomic E-state index is 11.0. The number of nitrogens with one attached hydrogen (secondary N) is 1. The topological polar surface area (TPSA) is 32.3 Å². The largest absolute Gasteiger partial charge is 0.380 e. The Morgan fingerprint density at radius 2 is 1.72 bits per heavy atom. The van der Waals surface area contributed by atoms with Crippen LogP contribution in [0.4, 0.5) is 0 Å². The molecule has 2 aromatic rings. The van der Waals surface area contributed by atoms with Crippen molar-refractivity contribution in [3.05, 3.63) is 44.8 Å². The lowest BCUT2D eigenvalue weighted by Gasteiger charge is -2.27. The van der Waals surface area contributed by atoms with E-state index in [2.05, 4.69) is 19.2 Å². The zero-order valence-electron chi connectivity index (χ0n) is 10.7. The van der Waals surface area contributed by atoms with Gasteiger partial charge in [-0.15, -0.1) is 0 Å². The number of hydrogen-bond acceptors (Lipinski definition) is 4. The predicted molar refractivity (Wildman–Crippen MR) is 79.4 cm³/mol. The molecule has 0 atom stereocenters.